The van der Waals surface area contributed by atoms with Gasteiger partial charge in [-0.1, -0.05) is 48.5 Å². The molecule has 0 unspecified atom stereocenters. The molecule has 3 heteroatoms. The highest BCUT2D eigenvalue weighted by Gasteiger charge is 2.26. The van der Waals surface area contributed by atoms with Crippen LogP contribution >= 0.6 is 0 Å². The summed E-state index contributed by atoms with van der Waals surface area (Å²) < 4.78 is 0. The maximum atomic E-state index is 12.5. The predicted octanol–water partition coefficient (Wildman–Crippen LogP) is 4.06. The van der Waals surface area contributed by atoms with Crippen LogP contribution < -0.4 is 0 Å². The minimum absolute atomic E-state index is 0.0146. The summed E-state index contributed by atoms with van der Waals surface area (Å²) in [6.07, 6.45) is 5.92. The third-order valence-electron chi connectivity index (χ3n) is 4.90. The molecule has 0 radical (unpaired) electrons. The van der Waals surface area contributed by atoms with Gasteiger partial charge in [0.2, 0.25) is 0 Å². The number of likely N-dealkylation sites (N-methyl/N-ethyl adjacent to an activating group) is 1. The molecule has 0 aromatic heterocycles. The largest absolute Gasteiger partial charge is 0.327 e. The average molecular weight is 316 g/mol. The van der Waals surface area contributed by atoms with Gasteiger partial charge in [0.1, 0.15) is 0 Å². The third kappa shape index (κ3) is 2.24. The lowest BCUT2D eigenvalue weighted by atomic mass is 9.91. The topological polar surface area (TPSA) is 23.6 Å². The first-order valence-corrected chi connectivity index (χ1v) is 8.26. The number of nitrogens with zero attached hydrogens (tertiary/aromatic N) is 2. The second-order valence-electron chi connectivity index (χ2n) is 6.34. The van der Waals surface area contributed by atoms with Gasteiger partial charge in [-0.25, -0.2) is 4.79 Å². The van der Waals surface area contributed by atoms with Gasteiger partial charge in [0.25, 0.3) is 0 Å². The fourth-order valence-electron chi connectivity index (χ4n) is 3.60. The van der Waals surface area contributed by atoms with Crippen LogP contribution in [0.15, 0.2) is 66.5 Å². The second-order valence-corrected chi connectivity index (χ2v) is 6.34. The van der Waals surface area contributed by atoms with Crippen molar-refractivity contribution in [1.82, 2.24) is 9.80 Å². The molecule has 120 valence electrons. The van der Waals surface area contributed by atoms with Crippen molar-refractivity contribution < 1.29 is 4.79 Å². The molecule has 0 bridgehead atoms. The van der Waals surface area contributed by atoms with Crippen molar-refractivity contribution in [3.63, 3.8) is 0 Å². The van der Waals surface area contributed by atoms with Crippen molar-refractivity contribution in [3.8, 4) is 0 Å². The molecule has 2 aromatic rings. The van der Waals surface area contributed by atoms with Crippen molar-refractivity contribution in [3.05, 3.63) is 88.8 Å². The normalized spacial score (nSPS) is 16.8. The first-order valence-electron chi connectivity index (χ1n) is 8.26. The summed E-state index contributed by atoms with van der Waals surface area (Å²) in [6, 6.07) is 17.1. The van der Waals surface area contributed by atoms with E-state index in [4.69, 9.17) is 0 Å². The number of rotatable bonds is 0. The van der Waals surface area contributed by atoms with Gasteiger partial charge in [-0.3, -0.25) is 4.90 Å². The Labute approximate surface area is 142 Å². The molecule has 0 fully saturated rings. The van der Waals surface area contributed by atoms with Crippen LogP contribution in [0.1, 0.15) is 22.3 Å². The standard InChI is InChI=1S/C21H20N2O/c1-22-14-13-19(23(2)21(22)24)20-17-9-5-3-7-15(17)11-12-16-8-4-6-10-18(16)20/h3-10,13-14H,11-12H2,1-2H3. The van der Waals surface area contributed by atoms with E-state index in [0.29, 0.717) is 0 Å². The average Bonchev–Trinajstić information content (AvgIpc) is 2.77. The van der Waals surface area contributed by atoms with Crippen LogP contribution in [0.25, 0.3) is 5.57 Å². The molecule has 1 aliphatic heterocycles. The number of carbonyl (C=O) groups is 1. The summed E-state index contributed by atoms with van der Waals surface area (Å²) in [5.41, 5.74) is 7.24. The van der Waals surface area contributed by atoms with Crippen LogP contribution in [0.5, 0.6) is 0 Å². The molecule has 4 rings (SSSR count). The van der Waals surface area contributed by atoms with E-state index in [0.717, 1.165) is 24.1 Å². The van der Waals surface area contributed by atoms with Crippen LogP contribution in [0.2, 0.25) is 0 Å². The van der Waals surface area contributed by atoms with E-state index in [-0.39, 0.29) is 6.03 Å². The number of hydrogen-bond donors (Lipinski definition) is 0. The quantitative estimate of drug-likeness (QED) is 0.719. The number of aryl methyl sites for hydroxylation is 2. The van der Waals surface area contributed by atoms with Gasteiger partial charge in [-0.05, 0) is 41.2 Å². The van der Waals surface area contributed by atoms with Crippen molar-refractivity contribution in [2.45, 2.75) is 12.8 Å². The number of allylic oxidation sites excluding steroid dienone is 1. The van der Waals surface area contributed by atoms with E-state index < -0.39 is 0 Å². The molecule has 0 saturated heterocycles. The molecular formula is C21H20N2O. The minimum atomic E-state index is -0.0146. The zero-order valence-electron chi connectivity index (χ0n) is 14.0. The SMILES string of the molecule is CN1C=CC(=C2c3ccccc3CCc3ccccc32)N(C)C1=O. The van der Waals surface area contributed by atoms with E-state index in [1.807, 2.05) is 19.3 Å². The Balaban J connectivity index is 2.05. The Kier molecular flexibility index (Phi) is 3.49. The highest BCUT2D eigenvalue weighted by atomic mass is 16.2. The summed E-state index contributed by atoms with van der Waals surface area (Å²) in [4.78, 5) is 15.8. The number of carbonyl (C=O) groups excluding carboxylic acids is 1. The Hall–Kier alpha value is -2.81. The van der Waals surface area contributed by atoms with Gasteiger partial charge in [0.05, 0.1) is 5.70 Å². The maximum Gasteiger partial charge on any atom is 0.327 e. The summed E-state index contributed by atoms with van der Waals surface area (Å²) >= 11 is 0. The monoisotopic (exact) mass is 316 g/mol. The lowest BCUT2D eigenvalue weighted by molar-refractivity contribution is 0.196. The highest BCUT2D eigenvalue weighted by molar-refractivity contribution is 5.91. The fraction of sp³-hybridized carbons (Fsp3) is 0.190. The summed E-state index contributed by atoms with van der Waals surface area (Å²) in [7, 11) is 3.63. The molecule has 24 heavy (non-hydrogen) atoms. The van der Waals surface area contributed by atoms with Crippen molar-refractivity contribution >= 4 is 11.6 Å². The van der Waals surface area contributed by atoms with Crippen LogP contribution in [0.4, 0.5) is 4.79 Å². The number of benzene rings is 2. The van der Waals surface area contributed by atoms with Crippen LogP contribution in [0.3, 0.4) is 0 Å². The first kappa shape index (κ1) is 14.8. The molecule has 0 spiro atoms. The van der Waals surface area contributed by atoms with Crippen molar-refractivity contribution in [2.75, 3.05) is 14.1 Å². The van der Waals surface area contributed by atoms with Gasteiger partial charge in [-0.2, -0.15) is 0 Å². The Bertz CT molecular complexity index is 829. The van der Waals surface area contributed by atoms with Gasteiger partial charge in [0, 0.05) is 25.9 Å². The number of urea groups is 1. The minimum Gasteiger partial charge on any atom is -0.304 e. The van der Waals surface area contributed by atoms with Gasteiger partial charge in [0.15, 0.2) is 0 Å². The lowest BCUT2D eigenvalue weighted by Gasteiger charge is -2.30. The Morgan fingerprint density at radius 1 is 0.833 bits per heavy atom. The van der Waals surface area contributed by atoms with Gasteiger partial charge < -0.3 is 4.90 Å². The van der Waals surface area contributed by atoms with Crippen molar-refractivity contribution in [1.29, 1.82) is 0 Å². The van der Waals surface area contributed by atoms with E-state index in [1.165, 1.54) is 22.3 Å². The summed E-state index contributed by atoms with van der Waals surface area (Å²) in [6.45, 7) is 0. The zero-order chi connectivity index (χ0) is 16.7. The molecular weight excluding hydrogens is 296 g/mol. The van der Waals surface area contributed by atoms with Crippen LogP contribution in [0, 0.1) is 0 Å². The molecule has 2 aromatic carbocycles. The van der Waals surface area contributed by atoms with Gasteiger partial charge >= 0.3 is 6.03 Å². The molecule has 1 heterocycles. The maximum absolute atomic E-state index is 12.5. The molecule has 1 aliphatic carbocycles. The first-order chi connectivity index (χ1) is 11.7. The lowest BCUT2D eigenvalue weighted by Crippen LogP contribution is -2.38. The molecule has 0 N–H and O–H groups in total. The Morgan fingerprint density at radius 3 is 1.96 bits per heavy atom. The Morgan fingerprint density at radius 2 is 1.38 bits per heavy atom. The highest BCUT2D eigenvalue weighted by Crippen LogP contribution is 2.37. The number of amides is 2. The molecule has 0 atom stereocenters. The van der Waals surface area contributed by atoms with E-state index in [1.54, 1.807) is 16.8 Å². The molecule has 2 aliphatic rings. The summed E-state index contributed by atoms with van der Waals surface area (Å²) in [5, 5.41) is 0. The smallest absolute Gasteiger partial charge is 0.304 e. The third-order valence-corrected chi connectivity index (χ3v) is 4.90. The second kappa shape index (κ2) is 5.68. The number of fused-ring (bicyclic) bond motifs is 2. The predicted molar refractivity (Wildman–Crippen MR) is 96.4 cm³/mol. The van der Waals surface area contributed by atoms with Gasteiger partial charge in [-0.15, -0.1) is 0 Å². The fourth-order valence-corrected chi connectivity index (χ4v) is 3.60. The summed E-state index contributed by atoms with van der Waals surface area (Å²) in [5.74, 6) is 0. The van der Waals surface area contributed by atoms with E-state index in [2.05, 4.69) is 48.5 Å². The van der Waals surface area contributed by atoms with E-state index >= 15 is 0 Å². The molecule has 0 saturated carbocycles. The molecule has 2 amide bonds. The zero-order valence-corrected chi connectivity index (χ0v) is 14.0. The van der Waals surface area contributed by atoms with Crippen LogP contribution in [-0.4, -0.2) is 29.9 Å². The van der Waals surface area contributed by atoms with Crippen molar-refractivity contribution in [2.24, 2.45) is 0 Å². The molecule has 3 nitrogen and oxygen atoms in total. The number of hydrogen-bond acceptors (Lipinski definition) is 1. The van der Waals surface area contributed by atoms with E-state index in [9.17, 15) is 4.79 Å². The van der Waals surface area contributed by atoms with Crippen LogP contribution in [-0.2, 0) is 12.8 Å².